The summed E-state index contributed by atoms with van der Waals surface area (Å²) in [6.45, 7) is 2.82. The van der Waals surface area contributed by atoms with Crippen LogP contribution in [0.5, 0.6) is 5.75 Å². The summed E-state index contributed by atoms with van der Waals surface area (Å²) in [6, 6.07) is 25.9. The van der Waals surface area contributed by atoms with Crippen LogP contribution in [0.1, 0.15) is 42.0 Å². The minimum absolute atomic E-state index is 0.0789. The summed E-state index contributed by atoms with van der Waals surface area (Å²) in [7, 11) is 0. The van der Waals surface area contributed by atoms with Gasteiger partial charge in [-0.2, -0.15) is 5.10 Å². The van der Waals surface area contributed by atoms with Gasteiger partial charge in [-0.05, 0) is 17.7 Å². The smallest absolute Gasteiger partial charge is 0.200 e. The molecule has 1 spiro atoms. The van der Waals surface area contributed by atoms with Crippen molar-refractivity contribution in [2.75, 3.05) is 13.1 Å². The van der Waals surface area contributed by atoms with Gasteiger partial charge < -0.3 is 4.74 Å². The van der Waals surface area contributed by atoms with Crippen molar-refractivity contribution in [3.8, 4) is 5.75 Å². The SMILES string of the molecule is Fc1ccccc1C1=NN2[C@@H](C1)c1ccccc1OC21CCN(Cc2ccccc2)CC1. The summed E-state index contributed by atoms with van der Waals surface area (Å²) >= 11 is 0. The van der Waals surface area contributed by atoms with Crippen molar-refractivity contribution in [3.05, 3.63) is 101 Å². The maximum atomic E-state index is 14.6. The first-order chi connectivity index (χ1) is 15.7. The van der Waals surface area contributed by atoms with Crippen LogP contribution in [0.15, 0.2) is 84.0 Å². The second-order valence-corrected chi connectivity index (χ2v) is 8.94. The van der Waals surface area contributed by atoms with Crippen molar-refractivity contribution in [2.45, 2.75) is 37.6 Å². The summed E-state index contributed by atoms with van der Waals surface area (Å²) in [4.78, 5) is 2.48. The van der Waals surface area contributed by atoms with Gasteiger partial charge in [0, 0.05) is 50.0 Å². The fraction of sp³-hybridized carbons (Fsp3) is 0.296. The van der Waals surface area contributed by atoms with Crippen molar-refractivity contribution in [1.82, 2.24) is 9.91 Å². The number of piperidine rings is 1. The lowest BCUT2D eigenvalue weighted by Gasteiger charge is -2.51. The first kappa shape index (κ1) is 19.5. The molecular formula is C27H26FN3O. The maximum absolute atomic E-state index is 14.6. The number of likely N-dealkylation sites (tertiary alicyclic amines) is 1. The van der Waals surface area contributed by atoms with Gasteiger partial charge in [0.15, 0.2) is 0 Å². The Morgan fingerprint density at radius 2 is 1.62 bits per heavy atom. The molecule has 0 unspecified atom stereocenters. The molecule has 1 saturated heterocycles. The zero-order valence-electron chi connectivity index (χ0n) is 18.0. The molecular weight excluding hydrogens is 401 g/mol. The Labute approximate surface area is 187 Å². The molecule has 1 fully saturated rings. The zero-order chi connectivity index (χ0) is 21.5. The normalized spacial score (nSPS) is 21.6. The number of hydrogen-bond donors (Lipinski definition) is 0. The van der Waals surface area contributed by atoms with E-state index in [-0.39, 0.29) is 11.9 Å². The Bertz CT molecular complexity index is 1150. The standard InChI is InChI=1S/C27H26FN3O/c28-23-12-6-4-10-21(23)24-18-25-22-11-5-7-13-26(22)32-27(31(25)29-24)14-16-30(17-15-27)19-20-8-2-1-3-9-20/h1-13,25H,14-19H2/t25-/m0/s1. The van der Waals surface area contributed by atoms with Crippen LogP contribution in [-0.4, -0.2) is 34.4 Å². The minimum atomic E-state index is -0.487. The van der Waals surface area contributed by atoms with Crippen molar-refractivity contribution < 1.29 is 9.13 Å². The van der Waals surface area contributed by atoms with Crippen LogP contribution >= 0.6 is 0 Å². The molecule has 3 aromatic carbocycles. The Kier molecular flexibility index (Phi) is 4.72. The van der Waals surface area contributed by atoms with Crippen molar-refractivity contribution in [3.63, 3.8) is 0 Å². The monoisotopic (exact) mass is 427 g/mol. The van der Waals surface area contributed by atoms with Crippen molar-refractivity contribution in [2.24, 2.45) is 5.10 Å². The number of para-hydroxylation sites is 1. The minimum Gasteiger partial charge on any atom is -0.466 e. The topological polar surface area (TPSA) is 28.1 Å². The molecule has 0 amide bonds. The summed E-state index contributed by atoms with van der Waals surface area (Å²) in [5.74, 6) is 0.724. The van der Waals surface area contributed by atoms with Crippen LogP contribution in [0.4, 0.5) is 4.39 Å². The van der Waals surface area contributed by atoms with E-state index in [9.17, 15) is 4.39 Å². The maximum Gasteiger partial charge on any atom is 0.200 e. The molecule has 6 rings (SSSR count). The Balaban J connectivity index is 1.31. The fourth-order valence-corrected chi connectivity index (χ4v) is 5.32. The van der Waals surface area contributed by atoms with Gasteiger partial charge in [0.1, 0.15) is 11.6 Å². The van der Waals surface area contributed by atoms with Gasteiger partial charge in [-0.25, -0.2) is 9.40 Å². The number of hydrazone groups is 1. The van der Waals surface area contributed by atoms with Crippen LogP contribution in [-0.2, 0) is 6.54 Å². The summed E-state index contributed by atoms with van der Waals surface area (Å²) in [5.41, 5.74) is 3.38. The Morgan fingerprint density at radius 3 is 2.44 bits per heavy atom. The third-order valence-corrected chi connectivity index (χ3v) is 6.98. The molecule has 3 heterocycles. The molecule has 0 saturated carbocycles. The average Bonchev–Trinajstić information content (AvgIpc) is 3.28. The third-order valence-electron chi connectivity index (χ3n) is 6.98. The molecule has 5 heteroatoms. The van der Waals surface area contributed by atoms with Gasteiger partial charge in [0.25, 0.3) is 0 Å². The van der Waals surface area contributed by atoms with E-state index in [2.05, 4.69) is 52.4 Å². The molecule has 0 aromatic heterocycles. The zero-order valence-corrected chi connectivity index (χ0v) is 18.0. The summed E-state index contributed by atoms with van der Waals surface area (Å²) < 4.78 is 21.3. The Hall–Kier alpha value is -3.18. The average molecular weight is 428 g/mol. The van der Waals surface area contributed by atoms with Gasteiger partial charge in [-0.15, -0.1) is 0 Å². The Morgan fingerprint density at radius 1 is 0.906 bits per heavy atom. The van der Waals surface area contributed by atoms with E-state index in [0.29, 0.717) is 12.0 Å². The molecule has 0 radical (unpaired) electrons. The number of halogens is 1. The lowest BCUT2D eigenvalue weighted by atomic mass is 9.90. The highest BCUT2D eigenvalue weighted by atomic mass is 19.1. The van der Waals surface area contributed by atoms with Gasteiger partial charge >= 0.3 is 0 Å². The van der Waals surface area contributed by atoms with Gasteiger partial charge in [-0.3, -0.25) is 4.90 Å². The van der Waals surface area contributed by atoms with Crippen LogP contribution in [0, 0.1) is 5.82 Å². The van der Waals surface area contributed by atoms with Crippen LogP contribution in [0.2, 0.25) is 0 Å². The predicted molar refractivity (Wildman–Crippen MR) is 123 cm³/mol. The summed E-state index contributed by atoms with van der Waals surface area (Å²) in [5, 5.41) is 7.14. The highest BCUT2D eigenvalue weighted by molar-refractivity contribution is 6.02. The van der Waals surface area contributed by atoms with Crippen molar-refractivity contribution >= 4 is 5.71 Å². The fourth-order valence-electron chi connectivity index (χ4n) is 5.32. The number of benzene rings is 3. The molecule has 3 aliphatic rings. The number of fused-ring (bicyclic) bond motifs is 4. The van der Waals surface area contributed by atoms with Gasteiger partial charge in [-0.1, -0.05) is 66.7 Å². The van der Waals surface area contributed by atoms with Crippen LogP contribution in [0.25, 0.3) is 0 Å². The molecule has 0 aliphatic carbocycles. The molecule has 0 bridgehead atoms. The van der Waals surface area contributed by atoms with Crippen LogP contribution < -0.4 is 4.74 Å². The first-order valence-electron chi connectivity index (χ1n) is 11.4. The van der Waals surface area contributed by atoms with E-state index < -0.39 is 5.72 Å². The quantitative estimate of drug-likeness (QED) is 0.563. The third kappa shape index (κ3) is 3.28. The molecule has 1 atom stereocenters. The van der Waals surface area contributed by atoms with E-state index in [4.69, 9.17) is 9.84 Å². The predicted octanol–water partition coefficient (Wildman–Crippen LogP) is 5.36. The van der Waals surface area contributed by atoms with Crippen LogP contribution in [0.3, 0.4) is 0 Å². The van der Waals surface area contributed by atoms with Crippen molar-refractivity contribution in [1.29, 1.82) is 0 Å². The highest BCUT2D eigenvalue weighted by Gasteiger charge is 2.51. The van der Waals surface area contributed by atoms with Gasteiger partial charge in [0.05, 0.1) is 11.8 Å². The van der Waals surface area contributed by atoms with E-state index >= 15 is 0 Å². The van der Waals surface area contributed by atoms with E-state index in [0.717, 1.165) is 49.5 Å². The highest BCUT2D eigenvalue weighted by Crippen LogP contribution is 2.50. The lowest BCUT2D eigenvalue weighted by Crippen LogP contribution is -2.59. The molecule has 162 valence electrons. The van der Waals surface area contributed by atoms with Gasteiger partial charge in [0.2, 0.25) is 5.72 Å². The summed E-state index contributed by atoms with van der Waals surface area (Å²) in [6.07, 6.45) is 2.41. The first-order valence-corrected chi connectivity index (χ1v) is 11.4. The molecule has 3 aliphatic heterocycles. The van der Waals surface area contributed by atoms with E-state index in [1.54, 1.807) is 6.07 Å². The molecule has 4 nitrogen and oxygen atoms in total. The second kappa shape index (κ2) is 7.75. The largest absolute Gasteiger partial charge is 0.466 e. The number of hydrogen-bond acceptors (Lipinski definition) is 4. The number of nitrogens with zero attached hydrogens (tertiary/aromatic N) is 3. The number of rotatable bonds is 3. The molecule has 3 aromatic rings. The molecule has 32 heavy (non-hydrogen) atoms. The van der Waals surface area contributed by atoms with E-state index in [1.165, 1.54) is 11.6 Å². The number of ether oxygens (including phenoxy) is 1. The second-order valence-electron chi connectivity index (χ2n) is 8.94. The van der Waals surface area contributed by atoms with E-state index in [1.807, 2.05) is 24.3 Å². The lowest BCUT2D eigenvalue weighted by molar-refractivity contribution is -0.150. The molecule has 0 N–H and O–H groups in total.